The van der Waals surface area contributed by atoms with Gasteiger partial charge in [-0.2, -0.15) is 0 Å². The Kier molecular flexibility index (Phi) is 9.53. The molecule has 1 fully saturated rings. The summed E-state index contributed by atoms with van der Waals surface area (Å²) in [7, 11) is 1.73. The summed E-state index contributed by atoms with van der Waals surface area (Å²) in [5, 5.41) is 3.35. The molecule has 0 radical (unpaired) electrons. The summed E-state index contributed by atoms with van der Waals surface area (Å²) in [5.74, 6) is 0.164. The zero-order valence-corrected chi connectivity index (χ0v) is 18.6. The van der Waals surface area contributed by atoms with Crippen molar-refractivity contribution in [3.05, 3.63) is 48.0 Å². The van der Waals surface area contributed by atoms with Gasteiger partial charge in [0.1, 0.15) is 17.6 Å². The predicted molar refractivity (Wildman–Crippen MR) is 116 cm³/mol. The number of nitrogens with one attached hydrogen (secondary N) is 1. The van der Waals surface area contributed by atoms with Crippen LogP contribution in [-0.2, 0) is 23.8 Å². The van der Waals surface area contributed by atoms with Gasteiger partial charge in [0, 0.05) is 19.6 Å². The fraction of sp³-hybridized carbons (Fsp3) is 0.583. The first-order chi connectivity index (χ1) is 14.4. The van der Waals surface area contributed by atoms with Crippen molar-refractivity contribution in [1.29, 1.82) is 0 Å². The van der Waals surface area contributed by atoms with E-state index in [2.05, 4.69) is 11.9 Å². The van der Waals surface area contributed by atoms with Gasteiger partial charge in [-0.15, -0.1) is 6.58 Å². The number of rotatable bonds is 9. The second-order valence-electron chi connectivity index (χ2n) is 8.05. The van der Waals surface area contributed by atoms with Gasteiger partial charge in [0.25, 0.3) is 0 Å². The number of carbonyl (C=O) groups is 2. The van der Waals surface area contributed by atoms with E-state index in [1.165, 1.54) is 0 Å². The number of carbonyl (C=O) groups excluding carboxylic acids is 2. The Labute approximate surface area is 180 Å². The molecule has 166 valence electrons. The fourth-order valence-corrected chi connectivity index (χ4v) is 3.56. The maximum Gasteiger partial charge on any atom is 0.332 e. The first-order valence-electron chi connectivity index (χ1n) is 10.8. The molecule has 2 rings (SSSR count). The smallest absolute Gasteiger partial charge is 0.332 e. The fourth-order valence-electron chi connectivity index (χ4n) is 3.56. The lowest BCUT2D eigenvalue weighted by Crippen LogP contribution is -2.45. The number of allylic oxidation sites excluding steroid dienone is 4. The van der Waals surface area contributed by atoms with Crippen molar-refractivity contribution in [1.82, 2.24) is 5.32 Å². The average molecular weight is 418 g/mol. The molecule has 30 heavy (non-hydrogen) atoms. The molecule has 0 aromatic heterocycles. The minimum atomic E-state index is -0.598. The van der Waals surface area contributed by atoms with Gasteiger partial charge in [-0.1, -0.05) is 32.9 Å². The molecule has 0 amide bonds. The van der Waals surface area contributed by atoms with Crippen LogP contribution in [0.3, 0.4) is 0 Å². The Morgan fingerprint density at radius 3 is 2.63 bits per heavy atom. The maximum absolute atomic E-state index is 12.8. The van der Waals surface area contributed by atoms with Crippen molar-refractivity contribution in [3.8, 4) is 0 Å². The molecule has 0 aliphatic heterocycles. The molecular weight excluding hydrogens is 382 g/mol. The van der Waals surface area contributed by atoms with Crippen molar-refractivity contribution >= 4 is 11.9 Å². The summed E-state index contributed by atoms with van der Waals surface area (Å²) in [5.41, 5.74) is 0.874. The Hall–Kier alpha value is -2.18. The topological polar surface area (TPSA) is 73.9 Å². The monoisotopic (exact) mass is 417 g/mol. The Morgan fingerprint density at radius 1 is 1.23 bits per heavy atom. The van der Waals surface area contributed by atoms with Crippen LogP contribution in [0.2, 0.25) is 0 Å². The summed E-state index contributed by atoms with van der Waals surface area (Å²) in [6.07, 6.45) is 12.2. The van der Waals surface area contributed by atoms with Gasteiger partial charge in [-0.05, 0) is 49.8 Å². The van der Waals surface area contributed by atoms with Crippen molar-refractivity contribution in [2.45, 2.75) is 77.5 Å². The van der Waals surface area contributed by atoms with E-state index < -0.39 is 12.0 Å². The van der Waals surface area contributed by atoms with E-state index in [1.54, 1.807) is 39.2 Å². The van der Waals surface area contributed by atoms with E-state index in [4.69, 9.17) is 14.2 Å². The highest BCUT2D eigenvalue weighted by molar-refractivity contribution is 5.79. The molecule has 6 nitrogen and oxygen atoms in total. The van der Waals surface area contributed by atoms with Crippen LogP contribution < -0.4 is 5.32 Å². The van der Waals surface area contributed by atoms with Crippen LogP contribution in [0.5, 0.6) is 0 Å². The van der Waals surface area contributed by atoms with Gasteiger partial charge >= 0.3 is 11.9 Å². The minimum absolute atomic E-state index is 0.187. The second-order valence-corrected chi connectivity index (χ2v) is 8.05. The number of esters is 2. The molecular formula is C24H35NO5. The number of methoxy groups -OCH3 is 1. The number of hydrogen-bond donors (Lipinski definition) is 1. The van der Waals surface area contributed by atoms with Gasteiger partial charge in [0.2, 0.25) is 0 Å². The van der Waals surface area contributed by atoms with Crippen LogP contribution in [-0.4, -0.2) is 37.2 Å². The maximum atomic E-state index is 12.8. The molecule has 1 saturated carbocycles. The van der Waals surface area contributed by atoms with E-state index in [-0.39, 0.29) is 24.0 Å². The molecule has 0 heterocycles. The molecule has 0 spiro atoms. The summed E-state index contributed by atoms with van der Waals surface area (Å²) >= 11 is 0. The molecule has 3 unspecified atom stereocenters. The van der Waals surface area contributed by atoms with E-state index in [0.29, 0.717) is 24.4 Å². The Balaban J connectivity index is 2.02. The lowest BCUT2D eigenvalue weighted by molar-refractivity contribution is -0.143. The van der Waals surface area contributed by atoms with Crippen molar-refractivity contribution < 1.29 is 23.8 Å². The SMILES string of the molecule is C=CC(NC1CCCC(OC)C1)C(=O)OC1=CCC(OC(=O)C(C)C)=CC=C1CC. The van der Waals surface area contributed by atoms with Crippen LogP contribution in [0.1, 0.15) is 59.3 Å². The van der Waals surface area contributed by atoms with Crippen LogP contribution in [0.4, 0.5) is 0 Å². The van der Waals surface area contributed by atoms with Gasteiger partial charge in [0.05, 0.1) is 12.0 Å². The largest absolute Gasteiger partial charge is 0.431 e. The molecule has 6 heteroatoms. The normalized spacial score (nSPS) is 22.9. The molecule has 3 atom stereocenters. The van der Waals surface area contributed by atoms with E-state index in [9.17, 15) is 9.59 Å². The number of hydrogen-bond acceptors (Lipinski definition) is 6. The third-order valence-electron chi connectivity index (χ3n) is 5.43. The van der Waals surface area contributed by atoms with E-state index in [1.807, 2.05) is 13.0 Å². The third kappa shape index (κ3) is 6.96. The third-order valence-corrected chi connectivity index (χ3v) is 5.43. The summed E-state index contributed by atoms with van der Waals surface area (Å²) in [6, 6.07) is -0.411. The predicted octanol–water partition coefficient (Wildman–Crippen LogP) is 4.34. The lowest BCUT2D eigenvalue weighted by atomic mass is 9.92. The highest BCUT2D eigenvalue weighted by atomic mass is 16.5. The highest BCUT2D eigenvalue weighted by Gasteiger charge is 2.27. The van der Waals surface area contributed by atoms with Gasteiger partial charge in [0.15, 0.2) is 0 Å². The first kappa shape index (κ1) is 24.1. The van der Waals surface area contributed by atoms with Crippen molar-refractivity contribution in [3.63, 3.8) is 0 Å². The molecule has 0 saturated heterocycles. The first-order valence-corrected chi connectivity index (χ1v) is 10.8. The van der Waals surface area contributed by atoms with Crippen LogP contribution in [0, 0.1) is 5.92 Å². The molecule has 1 N–H and O–H groups in total. The lowest BCUT2D eigenvalue weighted by Gasteiger charge is -2.30. The molecule has 0 bridgehead atoms. The highest BCUT2D eigenvalue weighted by Crippen LogP contribution is 2.25. The molecule has 2 aliphatic rings. The van der Waals surface area contributed by atoms with Crippen molar-refractivity contribution in [2.75, 3.05) is 7.11 Å². The average Bonchev–Trinajstić information content (AvgIpc) is 2.93. The van der Waals surface area contributed by atoms with E-state index >= 15 is 0 Å². The summed E-state index contributed by atoms with van der Waals surface area (Å²) in [4.78, 5) is 24.7. The molecule has 0 aromatic carbocycles. The van der Waals surface area contributed by atoms with Crippen LogP contribution >= 0.6 is 0 Å². The van der Waals surface area contributed by atoms with Gasteiger partial charge in [-0.25, -0.2) is 4.79 Å². The zero-order chi connectivity index (χ0) is 22.1. The standard InChI is InChI=1S/C24H35NO5/c1-6-17-11-12-19(29-23(26)16(3)4)13-14-22(17)30-24(27)21(7-2)25-18-9-8-10-20(15-18)28-5/h7,11-12,14,16,18,20-21,25H,2,6,8-10,13,15H2,1,3-5H3. The van der Waals surface area contributed by atoms with Crippen molar-refractivity contribution in [2.24, 2.45) is 5.92 Å². The summed E-state index contributed by atoms with van der Waals surface area (Å²) in [6.45, 7) is 9.37. The minimum Gasteiger partial charge on any atom is -0.431 e. The Bertz CT molecular complexity index is 719. The van der Waals surface area contributed by atoms with Crippen LogP contribution in [0.15, 0.2) is 48.0 Å². The van der Waals surface area contributed by atoms with E-state index in [0.717, 1.165) is 31.3 Å². The van der Waals surface area contributed by atoms with Gasteiger partial charge in [-0.3, -0.25) is 10.1 Å². The second kappa shape index (κ2) is 11.9. The Morgan fingerprint density at radius 2 is 2.00 bits per heavy atom. The number of ether oxygens (including phenoxy) is 3. The quantitative estimate of drug-likeness (QED) is 0.444. The zero-order valence-electron chi connectivity index (χ0n) is 18.6. The van der Waals surface area contributed by atoms with Crippen LogP contribution in [0.25, 0.3) is 0 Å². The molecule has 2 aliphatic carbocycles. The summed E-state index contributed by atoms with van der Waals surface area (Å²) < 4.78 is 16.6. The van der Waals surface area contributed by atoms with Gasteiger partial charge < -0.3 is 14.2 Å². The molecule has 0 aromatic rings.